The van der Waals surface area contributed by atoms with Crippen molar-refractivity contribution in [2.24, 2.45) is 0 Å². The van der Waals surface area contributed by atoms with Crippen LogP contribution in [0.2, 0.25) is 0 Å². The standard InChI is InChI=1S/C12H13FN2OS/c1-12(16,9-5-6-17-7-9)8-14-11-4-2-3-10(13)15-11/h2-7,16H,8H2,1H3,(H,14,15). The molecule has 0 aromatic carbocycles. The predicted molar refractivity (Wildman–Crippen MR) is 66.6 cm³/mol. The molecule has 0 saturated heterocycles. The topological polar surface area (TPSA) is 45.1 Å². The van der Waals surface area contributed by atoms with E-state index < -0.39 is 11.5 Å². The lowest BCUT2D eigenvalue weighted by Gasteiger charge is -2.23. The zero-order valence-corrected chi connectivity index (χ0v) is 10.2. The zero-order valence-electron chi connectivity index (χ0n) is 9.35. The van der Waals surface area contributed by atoms with Crippen LogP contribution in [0.15, 0.2) is 35.0 Å². The predicted octanol–water partition coefficient (Wildman–Crippen LogP) is 2.60. The second-order valence-electron chi connectivity index (χ2n) is 3.98. The number of aliphatic hydroxyl groups is 1. The second kappa shape index (κ2) is 4.81. The summed E-state index contributed by atoms with van der Waals surface area (Å²) in [5.74, 6) is -0.120. The van der Waals surface area contributed by atoms with Crippen molar-refractivity contribution in [3.8, 4) is 0 Å². The Morgan fingerprint density at radius 2 is 2.29 bits per heavy atom. The molecule has 0 radical (unpaired) electrons. The quantitative estimate of drug-likeness (QED) is 0.822. The maximum absolute atomic E-state index is 12.8. The number of nitrogens with zero attached hydrogens (tertiary/aromatic N) is 1. The molecule has 0 saturated carbocycles. The molecule has 0 bridgehead atoms. The first-order valence-electron chi connectivity index (χ1n) is 5.19. The van der Waals surface area contributed by atoms with E-state index >= 15 is 0 Å². The first-order chi connectivity index (χ1) is 8.08. The van der Waals surface area contributed by atoms with Crippen molar-refractivity contribution in [1.29, 1.82) is 0 Å². The van der Waals surface area contributed by atoms with Crippen LogP contribution in [0.5, 0.6) is 0 Å². The van der Waals surface area contributed by atoms with Gasteiger partial charge in [-0.25, -0.2) is 4.98 Å². The van der Waals surface area contributed by atoms with Crippen LogP contribution < -0.4 is 5.32 Å². The molecule has 0 spiro atoms. The van der Waals surface area contributed by atoms with Crippen LogP contribution in [0, 0.1) is 5.95 Å². The molecule has 2 rings (SSSR count). The van der Waals surface area contributed by atoms with Crippen LogP contribution in [0.25, 0.3) is 0 Å². The molecule has 5 heteroatoms. The Balaban J connectivity index is 2.03. The molecule has 0 fully saturated rings. The van der Waals surface area contributed by atoms with Gasteiger partial charge < -0.3 is 10.4 Å². The van der Waals surface area contributed by atoms with Gasteiger partial charge in [-0.1, -0.05) is 6.07 Å². The molecule has 2 N–H and O–H groups in total. The fraction of sp³-hybridized carbons (Fsp3) is 0.250. The summed E-state index contributed by atoms with van der Waals surface area (Å²) in [6.45, 7) is 1.99. The van der Waals surface area contributed by atoms with E-state index in [-0.39, 0.29) is 6.54 Å². The van der Waals surface area contributed by atoms with Gasteiger partial charge in [-0.3, -0.25) is 0 Å². The third-order valence-corrected chi connectivity index (χ3v) is 3.16. The van der Waals surface area contributed by atoms with Gasteiger partial charge in [0.05, 0.1) is 0 Å². The summed E-state index contributed by atoms with van der Waals surface area (Å²) >= 11 is 1.53. The van der Waals surface area contributed by atoms with Crippen LogP contribution in [0.1, 0.15) is 12.5 Å². The summed E-state index contributed by atoms with van der Waals surface area (Å²) in [7, 11) is 0. The van der Waals surface area contributed by atoms with Gasteiger partial charge in [0.2, 0.25) is 5.95 Å². The third kappa shape index (κ3) is 3.01. The lowest BCUT2D eigenvalue weighted by Crippen LogP contribution is -2.30. The first-order valence-corrected chi connectivity index (χ1v) is 6.14. The van der Waals surface area contributed by atoms with E-state index in [4.69, 9.17) is 0 Å². The van der Waals surface area contributed by atoms with Crippen molar-refractivity contribution in [2.45, 2.75) is 12.5 Å². The Hall–Kier alpha value is -1.46. The molecular weight excluding hydrogens is 239 g/mol. The monoisotopic (exact) mass is 252 g/mol. The Bertz CT molecular complexity index is 485. The number of nitrogens with one attached hydrogen (secondary N) is 1. The summed E-state index contributed by atoms with van der Waals surface area (Å²) in [6.07, 6.45) is 0. The van der Waals surface area contributed by atoms with Crippen LogP contribution in [0.3, 0.4) is 0 Å². The van der Waals surface area contributed by atoms with Crippen LogP contribution in [-0.4, -0.2) is 16.6 Å². The Labute approximate surface area is 103 Å². The average molecular weight is 252 g/mol. The maximum Gasteiger partial charge on any atom is 0.214 e. The highest BCUT2D eigenvalue weighted by molar-refractivity contribution is 7.08. The average Bonchev–Trinajstić information content (AvgIpc) is 2.81. The fourth-order valence-electron chi connectivity index (χ4n) is 1.44. The first kappa shape index (κ1) is 12.0. The zero-order chi connectivity index (χ0) is 12.3. The Morgan fingerprint density at radius 1 is 1.47 bits per heavy atom. The minimum Gasteiger partial charge on any atom is -0.384 e. The number of thiophene rings is 1. The van der Waals surface area contributed by atoms with Gasteiger partial charge in [0, 0.05) is 6.54 Å². The molecule has 1 unspecified atom stereocenters. The number of hydrogen-bond donors (Lipinski definition) is 2. The molecule has 3 nitrogen and oxygen atoms in total. The Kier molecular flexibility index (Phi) is 3.40. The number of hydrogen-bond acceptors (Lipinski definition) is 4. The van der Waals surface area contributed by atoms with E-state index in [1.54, 1.807) is 19.1 Å². The minimum atomic E-state index is -0.992. The fourth-order valence-corrected chi connectivity index (χ4v) is 2.23. The second-order valence-corrected chi connectivity index (χ2v) is 4.77. The van der Waals surface area contributed by atoms with Crippen LogP contribution in [-0.2, 0) is 5.60 Å². The van der Waals surface area contributed by atoms with E-state index in [1.165, 1.54) is 17.4 Å². The minimum absolute atomic E-state index is 0.278. The third-order valence-electron chi connectivity index (χ3n) is 2.47. The van der Waals surface area contributed by atoms with Gasteiger partial charge in [0.15, 0.2) is 0 Å². The maximum atomic E-state index is 12.8. The van der Waals surface area contributed by atoms with Crippen molar-refractivity contribution in [2.75, 3.05) is 11.9 Å². The van der Waals surface area contributed by atoms with Gasteiger partial charge in [0.1, 0.15) is 11.4 Å². The number of pyridine rings is 1. The van der Waals surface area contributed by atoms with E-state index in [1.807, 2.05) is 16.8 Å². The van der Waals surface area contributed by atoms with Gasteiger partial charge >= 0.3 is 0 Å². The molecule has 1 atom stereocenters. The molecular formula is C12H13FN2OS. The van der Waals surface area contributed by atoms with Crippen molar-refractivity contribution >= 4 is 17.2 Å². The number of halogens is 1. The molecule has 17 heavy (non-hydrogen) atoms. The highest BCUT2D eigenvalue weighted by Gasteiger charge is 2.23. The molecule has 0 aliphatic carbocycles. The molecule has 0 aliphatic rings. The molecule has 2 heterocycles. The number of rotatable bonds is 4. The summed E-state index contributed by atoms with van der Waals surface area (Å²) < 4.78 is 12.8. The van der Waals surface area contributed by atoms with E-state index in [0.717, 1.165) is 5.56 Å². The Morgan fingerprint density at radius 3 is 2.94 bits per heavy atom. The van der Waals surface area contributed by atoms with Gasteiger partial charge in [-0.15, -0.1) is 0 Å². The largest absolute Gasteiger partial charge is 0.384 e. The van der Waals surface area contributed by atoms with E-state index in [0.29, 0.717) is 5.82 Å². The lowest BCUT2D eigenvalue weighted by atomic mass is 9.99. The molecule has 2 aromatic rings. The number of aromatic nitrogens is 1. The normalized spacial score (nSPS) is 14.3. The molecule has 0 amide bonds. The molecule has 90 valence electrons. The van der Waals surface area contributed by atoms with Crippen molar-refractivity contribution < 1.29 is 9.50 Å². The summed E-state index contributed by atoms with van der Waals surface area (Å²) in [6, 6.07) is 6.38. The SMILES string of the molecule is CC(O)(CNc1cccc(F)n1)c1ccsc1. The highest BCUT2D eigenvalue weighted by atomic mass is 32.1. The summed E-state index contributed by atoms with van der Waals surface area (Å²) in [5.41, 5.74) is -0.153. The smallest absolute Gasteiger partial charge is 0.214 e. The molecule has 0 aliphatic heterocycles. The van der Waals surface area contributed by atoms with Gasteiger partial charge in [-0.2, -0.15) is 15.7 Å². The van der Waals surface area contributed by atoms with E-state index in [9.17, 15) is 9.50 Å². The summed E-state index contributed by atoms with van der Waals surface area (Å²) in [5, 5.41) is 16.9. The summed E-state index contributed by atoms with van der Waals surface area (Å²) in [4.78, 5) is 3.67. The van der Waals surface area contributed by atoms with E-state index in [2.05, 4.69) is 10.3 Å². The highest BCUT2D eigenvalue weighted by Crippen LogP contribution is 2.23. The van der Waals surface area contributed by atoms with Crippen molar-refractivity contribution in [1.82, 2.24) is 4.98 Å². The van der Waals surface area contributed by atoms with Crippen molar-refractivity contribution in [3.05, 3.63) is 46.5 Å². The lowest BCUT2D eigenvalue weighted by molar-refractivity contribution is 0.0719. The molecule has 2 aromatic heterocycles. The van der Waals surface area contributed by atoms with Gasteiger partial charge in [0.25, 0.3) is 0 Å². The number of anilines is 1. The van der Waals surface area contributed by atoms with Gasteiger partial charge in [-0.05, 0) is 41.4 Å². The van der Waals surface area contributed by atoms with Crippen LogP contribution >= 0.6 is 11.3 Å². The van der Waals surface area contributed by atoms with Crippen molar-refractivity contribution in [3.63, 3.8) is 0 Å². The van der Waals surface area contributed by atoms with Crippen LogP contribution in [0.4, 0.5) is 10.2 Å².